The smallest absolute Gasteiger partial charge is 0.307 e. The van der Waals surface area contributed by atoms with Crippen LogP contribution in [-0.4, -0.2) is 5.97 Å². The summed E-state index contributed by atoms with van der Waals surface area (Å²) >= 11 is 0. The van der Waals surface area contributed by atoms with E-state index in [-0.39, 0.29) is 5.97 Å². The number of benzene rings is 1. The van der Waals surface area contributed by atoms with Crippen LogP contribution < -0.4 is 0 Å². The van der Waals surface area contributed by atoms with E-state index in [9.17, 15) is 4.79 Å². The Morgan fingerprint density at radius 3 is 2.55 bits per heavy atom. The molecule has 0 saturated heterocycles. The topological polar surface area (TPSA) is 26.3 Å². The van der Waals surface area contributed by atoms with Gasteiger partial charge in [-0.25, -0.2) is 0 Å². The molecule has 0 amide bonds. The zero-order chi connectivity index (χ0) is 22.3. The van der Waals surface area contributed by atoms with E-state index in [0.29, 0.717) is 5.41 Å². The average Bonchev–Trinajstić information content (AvgIpc) is 3.08. The lowest BCUT2D eigenvalue weighted by Gasteiger charge is -2.45. The summed E-state index contributed by atoms with van der Waals surface area (Å²) in [5.74, 6) is 4.64. The molecule has 0 radical (unpaired) electrons. The van der Waals surface area contributed by atoms with Gasteiger partial charge in [-0.2, -0.15) is 0 Å². The average molecular weight is 423 g/mol. The zero-order valence-corrected chi connectivity index (χ0v) is 20.6. The summed E-state index contributed by atoms with van der Waals surface area (Å²) in [7, 11) is 0. The molecule has 170 valence electrons. The van der Waals surface area contributed by atoms with Gasteiger partial charge in [0.1, 0.15) is 5.76 Å². The molecule has 1 fully saturated rings. The number of esters is 1. The van der Waals surface area contributed by atoms with Crippen molar-refractivity contribution in [3.8, 4) is 0 Å². The maximum absolute atomic E-state index is 11.4. The molecule has 0 spiro atoms. The maximum Gasteiger partial charge on any atom is 0.307 e. The predicted molar refractivity (Wildman–Crippen MR) is 129 cm³/mol. The van der Waals surface area contributed by atoms with Gasteiger partial charge in [0.15, 0.2) is 0 Å². The lowest BCUT2D eigenvalue weighted by atomic mass is 9.60. The highest BCUT2D eigenvalue weighted by molar-refractivity contribution is 5.70. The van der Waals surface area contributed by atoms with E-state index in [1.54, 1.807) is 11.1 Å². The number of hydrogen-bond donors (Lipinski definition) is 0. The normalized spacial score (nSPS) is 28.9. The van der Waals surface area contributed by atoms with Gasteiger partial charge in [-0.05, 0) is 95.4 Å². The van der Waals surface area contributed by atoms with Gasteiger partial charge in [-0.1, -0.05) is 59.6 Å². The third-order valence-corrected chi connectivity index (χ3v) is 9.32. The summed E-state index contributed by atoms with van der Waals surface area (Å²) in [5.41, 5.74) is 6.52. The molecule has 3 aliphatic carbocycles. The molecule has 2 heteroatoms. The fraction of sp³-hybridized carbons (Fsp3) is 0.690. The van der Waals surface area contributed by atoms with Gasteiger partial charge in [-0.3, -0.25) is 4.79 Å². The minimum atomic E-state index is -0.211. The molecule has 1 saturated carbocycles. The Morgan fingerprint density at radius 2 is 1.84 bits per heavy atom. The highest BCUT2D eigenvalue weighted by atomic mass is 16.5. The van der Waals surface area contributed by atoms with E-state index < -0.39 is 0 Å². The van der Waals surface area contributed by atoms with Crippen LogP contribution >= 0.6 is 0 Å². The summed E-state index contributed by atoms with van der Waals surface area (Å²) in [6, 6.07) is 4.71. The first-order valence-electron chi connectivity index (χ1n) is 12.7. The van der Waals surface area contributed by atoms with E-state index in [1.165, 1.54) is 56.6 Å². The highest BCUT2D eigenvalue weighted by Gasteiger charge is 2.51. The van der Waals surface area contributed by atoms with Gasteiger partial charge < -0.3 is 4.74 Å². The summed E-state index contributed by atoms with van der Waals surface area (Å²) < 4.78 is 5.39. The zero-order valence-electron chi connectivity index (χ0n) is 20.6. The minimum absolute atomic E-state index is 0.211. The number of ether oxygens (including phenoxy) is 1. The van der Waals surface area contributed by atoms with Gasteiger partial charge in [0.2, 0.25) is 0 Å². The predicted octanol–water partition coefficient (Wildman–Crippen LogP) is 7.69. The summed E-state index contributed by atoms with van der Waals surface area (Å²) in [5, 5.41) is 0. The SMILES string of the molecule is CC(=O)OC1=Cc2ccc3c(c2CC1)CCC1(C)C3CCC1[C@H](C)CC[C@H](C)C(C)C. The molecule has 2 nitrogen and oxygen atoms in total. The Balaban J connectivity index is 1.54. The number of hydrogen-bond acceptors (Lipinski definition) is 2. The molecular formula is C29H42O2. The molecule has 0 N–H and O–H groups in total. The van der Waals surface area contributed by atoms with Crippen LogP contribution in [0.2, 0.25) is 0 Å². The Labute approximate surface area is 189 Å². The van der Waals surface area contributed by atoms with Crippen molar-refractivity contribution in [1.29, 1.82) is 0 Å². The molecule has 1 aromatic rings. The Bertz CT molecular complexity index is 864. The van der Waals surface area contributed by atoms with Crippen LogP contribution in [0.4, 0.5) is 0 Å². The highest BCUT2D eigenvalue weighted by Crippen LogP contribution is 2.61. The number of rotatable bonds is 6. The molecule has 0 aromatic heterocycles. The molecule has 0 bridgehead atoms. The summed E-state index contributed by atoms with van der Waals surface area (Å²) in [4.78, 5) is 11.4. The first kappa shape index (κ1) is 22.6. The van der Waals surface area contributed by atoms with Crippen molar-refractivity contribution in [2.24, 2.45) is 29.1 Å². The monoisotopic (exact) mass is 422 g/mol. The molecule has 31 heavy (non-hydrogen) atoms. The number of fused-ring (bicyclic) bond motifs is 5. The van der Waals surface area contributed by atoms with Gasteiger partial charge in [0.05, 0.1) is 0 Å². The van der Waals surface area contributed by atoms with Gasteiger partial charge in [-0.15, -0.1) is 0 Å². The Morgan fingerprint density at radius 1 is 1.06 bits per heavy atom. The second kappa shape index (κ2) is 8.75. The fourth-order valence-corrected chi connectivity index (χ4v) is 7.06. The fourth-order valence-electron chi connectivity index (χ4n) is 7.06. The summed E-state index contributed by atoms with van der Waals surface area (Å²) in [6.07, 6.45) is 12.0. The molecule has 3 unspecified atom stereocenters. The van der Waals surface area contributed by atoms with Gasteiger partial charge in [0.25, 0.3) is 0 Å². The standard InChI is InChI=1S/C29H42O2/c1-18(2)19(3)7-8-20(4)27-13-14-28-26-11-9-22-17-23(31-21(5)30)10-12-24(22)25(26)15-16-29(27,28)6/h9,11,17-20,27-28H,7-8,10,12-16H2,1-6H3/t19-,20+,27?,28?,29?/m0/s1. The maximum atomic E-state index is 11.4. The van der Waals surface area contributed by atoms with Gasteiger partial charge >= 0.3 is 5.97 Å². The van der Waals surface area contributed by atoms with E-state index in [0.717, 1.165) is 48.2 Å². The Kier molecular flexibility index (Phi) is 6.39. The molecule has 5 atom stereocenters. The third kappa shape index (κ3) is 4.24. The first-order valence-corrected chi connectivity index (χ1v) is 12.7. The van der Waals surface area contributed by atoms with Crippen molar-refractivity contribution in [2.75, 3.05) is 0 Å². The van der Waals surface area contributed by atoms with Crippen molar-refractivity contribution in [2.45, 2.75) is 98.8 Å². The second-order valence-corrected chi connectivity index (χ2v) is 11.4. The van der Waals surface area contributed by atoms with Crippen LogP contribution in [0, 0.1) is 29.1 Å². The molecule has 0 heterocycles. The van der Waals surface area contributed by atoms with Crippen molar-refractivity contribution >= 4 is 12.0 Å². The number of allylic oxidation sites excluding steroid dienone is 1. The van der Waals surface area contributed by atoms with E-state index in [2.05, 4.69) is 52.8 Å². The number of carbonyl (C=O) groups excluding carboxylic acids is 1. The van der Waals surface area contributed by atoms with Gasteiger partial charge in [0, 0.05) is 13.3 Å². The summed E-state index contributed by atoms with van der Waals surface area (Å²) in [6.45, 7) is 13.8. The van der Waals surface area contributed by atoms with Crippen molar-refractivity contribution in [1.82, 2.24) is 0 Å². The van der Waals surface area contributed by atoms with Crippen molar-refractivity contribution < 1.29 is 9.53 Å². The lowest BCUT2D eigenvalue weighted by molar-refractivity contribution is -0.137. The van der Waals surface area contributed by atoms with Crippen LogP contribution in [-0.2, 0) is 22.4 Å². The lowest BCUT2D eigenvalue weighted by Crippen LogP contribution is -2.35. The second-order valence-electron chi connectivity index (χ2n) is 11.4. The van der Waals surface area contributed by atoms with E-state index >= 15 is 0 Å². The Hall–Kier alpha value is -1.57. The van der Waals surface area contributed by atoms with E-state index in [1.807, 2.05) is 0 Å². The third-order valence-electron chi connectivity index (χ3n) is 9.32. The van der Waals surface area contributed by atoms with Crippen LogP contribution in [0.1, 0.15) is 108 Å². The first-order chi connectivity index (χ1) is 14.7. The molecule has 1 aromatic carbocycles. The largest absolute Gasteiger partial charge is 0.431 e. The van der Waals surface area contributed by atoms with Crippen LogP contribution in [0.25, 0.3) is 6.08 Å². The van der Waals surface area contributed by atoms with Crippen molar-refractivity contribution in [3.63, 3.8) is 0 Å². The molecular weight excluding hydrogens is 380 g/mol. The van der Waals surface area contributed by atoms with Crippen LogP contribution in [0.5, 0.6) is 0 Å². The molecule has 4 rings (SSSR count). The number of carbonyl (C=O) groups is 1. The minimum Gasteiger partial charge on any atom is -0.431 e. The van der Waals surface area contributed by atoms with Crippen molar-refractivity contribution in [3.05, 3.63) is 40.1 Å². The van der Waals surface area contributed by atoms with Crippen LogP contribution in [0.3, 0.4) is 0 Å². The quantitative estimate of drug-likeness (QED) is 0.439. The van der Waals surface area contributed by atoms with Crippen LogP contribution in [0.15, 0.2) is 17.9 Å². The molecule has 0 aliphatic heterocycles. The molecule has 3 aliphatic rings. The van der Waals surface area contributed by atoms with E-state index in [4.69, 9.17) is 4.74 Å².